The second kappa shape index (κ2) is 10.1. The normalized spacial score (nSPS) is 19.5. The molecule has 2 amide bonds. The van der Waals surface area contributed by atoms with Crippen molar-refractivity contribution >= 4 is 23.2 Å². The fraction of sp³-hybridized carbons (Fsp3) is 0.500. The second-order valence-electron chi connectivity index (χ2n) is 8.30. The number of piperidine rings is 2. The van der Waals surface area contributed by atoms with Crippen LogP contribution in [0.15, 0.2) is 41.8 Å². The van der Waals surface area contributed by atoms with Gasteiger partial charge in [0, 0.05) is 42.5 Å². The van der Waals surface area contributed by atoms with Crippen molar-refractivity contribution < 1.29 is 14.3 Å². The third-order valence-electron chi connectivity index (χ3n) is 5.99. The van der Waals surface area contributed by atoms with Crippen molar-refractivity contribution in [2.75, 3.05) is 32.8 Å². The number of benzene rings is 1. The molecule has 160 valence electrons. The van der Waals surface area contributed by atoms with Crippen molar-refractivity contribution in [2.45, 2.75) is 38.5 Å². The molecule has 0 N–H and O–H groups in total. The van der Waals surface area contributed by atoms with E-state index in [9.17, 15) is 9.59 Å². The summed E-state index contributed by atoms with van der Waals surface area (Å²) in [5, 5.41) is 2.01. The Morgan fingerprint density at radius 2 is 1.83 bits per heavy atom. The van der Waals surface area contributed by atoms with E-state index in [0.29, 0.717) is 24.5 Å². The van der Waals surface area contributed by atoms with E-state index in [1.165, 1.54) is 6.42 Å². The molecule has 3 heterocycles. The molecule has 1 aromatic heterocycles. The maximum Gasteiger partial charge on any atom is 0.253 e. The van der Waals surface area contributed by atoms with Gasteiger partial charge in [0.15, 0.2) is 0 Å². The zero-order valence-corrected chi connectivity index (χ0v) is 18.2. The lowest BCUT2D eigenvalue weighted by Crippen LogP contribution is -2.42. The van der Waals surface area contributed by atoms with Gasteiger partial charge in [-0.15, -0.1) is 11.3 Å². The molecular weight excluding hydrogens is 396 g/mol. The summed E-state index contributed by atoms with van der Waals surface area (Å²) in [6.07, 6.45) is 5.95. The molecule has 6 heteroatoms. The van der Waals surface area contributed by atoms with E-state index in [1.807, 2.05) is 51.6 Å². The monoisotopic (exact) mass is 426 g/mol. The number of nitrogens with zero attached hydrogens (tertiary/aromatic N) is 2. The highest BCUT2D eigenvalue weighted by atomic mass is 32.1. The van der Waals surface area contributed by atoms with Gasteiger partial charge in [0.2, 0.25) is 5.91 Å². The summed E-state index contributed by atoms with van der Waals surface area (Å²) in [6, 6.07) is 11.5. The van der Waals surface area contributed by atoms with Crippen LogP contribution in [0.1, 0.15) is 47.3 Å². The summed E-state index contributed by atoms with van der Waals surface area (Å²) >= 11 is 1.63. The minimum atomic E-state index is 0.100. The first kappa shape index (κ1) is 20.9. The zero-order chi connectivity index (χ0) is 20.8. The van der Waals surface area contributed by atoms with Gasteiger partial charge in [0.1, 0.15) is 5.75 Å². The Morgan fingerprint density at radius 3 is 2.63 bits per heavy atom. The molecule has 4 rings (SSSR count). The molecule has 30 heavy (non-hydrogen) atoms. The van der Waals surface area contributed by atoms with Crippen molar-refractivity contribution in [3.8, 4) is 5.75 Å². The largest absolute Gasteiger partial charge is 0.493 e. The Bertz CT molecular complexity index is 846. The van der Waals surface area contributed by atoms with E-state index in [0.717, 1.165) is 62.5 Å². The first-order chi connectivity index (χ1) is 14.7. The van der Waals surface area contributed by atoms with Gasteiger partial charge in [-0.2, -0.15) is 0 Å². The van der Waals surface area contributed by atoms with Crippen molar-refractivity contribution in [1.29, 1.82) is 0 Å². The molecule has 2 aliphatic rings. The highest BCUT2D eigenvalue weighted by molar-refractivity contribution is 7.10. The average molecular weight is 427 g/mol. The number of thiophene rings is 1. The van der Waals surface area contributed by atoms with Crippen LogP contribution < -0.4 is 4.74 Å². The fourth-order valence-corrected chi connectivity index (χ4v) is 5.01. The minimum absolute atomic E-state index is 0.100. The number of carbonyl (C=O) groups excluding carboxylic acids is 2. The smallest absolute Gasteiger partial charge is 0.253 e. The summed E-state index contributed by atoms with van der Waals surface area (Å²) in [4.78, 5) is 30.4. The van der Waals surface area contributed by atoms with Crippen LogP contribution in [0.5, 0.6) is 5.75 Å². The Labute approximate surface area is 182 Å². The Balaban J connectivity index is 1.29. The Kier molecular flexibility index (Phi) is 7.05. The Hall–Kier alpha value is -2.34. The number of rotatable bonds is 6. The molecule has 5 nitrogen and oxygen atoms in total. The first-order valence-electron chi connectivity index (χ1n) is 11.0. The van der Waals surface area contributed by atoms with Crippen LogP contribution >= 0.6 is 11.3 Å². The number of amides is 2. The lowest BCUT2D eigenvalue weighted by molar-refractivity contribution is -0.132. The van der Waals surface area contributed by atoms with E-state index >= 15 is 0 Å². The maximum absolute atomic E-state index is 12.7. The molecule has 0 bridgehead atoms. The van der Waals surface area contributed by atoms with Crippen LogP contribution in [0, 0.1) is 5.92 Å². The molecular formula is C24H30N2O3S. The van der Waals surface area contributed by atoms with Gasteiger partial charge in [-0.3, -0.25) is 9.59 Å². The van der Waals surface area contributed by atoms with E-state index < -0.39 is 0 Å². The van der Waals surface area contributed by atoms with Crippen LogP contribution in [0.2, 0.25) is 0 Å². The maximum atomic E-state index is 12.7. The number of hydrogen-bond acceptors (Lipinski definition) is 4. The highest BCUT2D eigenvalue weighted by Gasteiger charge is 2.24. The van der Waals surface area contributed by atoms with Crippen molar-refractivity contribution in [3.05, 3.63) is 52.2 Å². The minimum Gasteiger partial charge on any atom is -0.493 e. The summed E-state index contributed by atoms with van der Waals surface area (Å²) < 4.78 is 6.05. The van der Waals surface area contributed by atoms with Crippen molar-refractivity contribution in [1.82, 2.24) is 9.80 Å². The van der Waals surface area contributed by atoms with Gasteiger partial charge in [-0.25, -0.2) is 0 Å². The van der Waals surface area contributed by atoms with Gasteiger partial charge in [0.05, 0.1) is 13.0 Å². The molecule has 1 atom stereocenters. The Morgan fingerprint density at radius 1 is 1.00 bits per heavy atom. The zero-order valence-electron chi connectivity index (χ0n) is 17.4. The summed E-state index contributed by atoms with van der Waals surface area (Å²) in [6.45, 7) is 3.85. The van der Waals surface area contributed by atoms with Crippen LogP contribution in [0.4, 0.5) is 0 Å². The fourth-order valence-electron chi connectivity index (χ4n) is 4.31. The lowest BCUT2D eigenvalue weighted by atomic mass is 9.98. The molecule has 0 radical (unpaired) electrons. The number of hydrogen-bond donors (Lipinski definition) is 0. The van der Waals surface area contributed by atoms with Crippen LogP contribution in [-0.4, -0.2) is 54.4 Å². The first-order valence-corrected chi connectivity index (χ1v) is 11.9. The number of ether oxygens (including phenoxy) is 1. The summed E-state index contributed by atoms with van der Waals surface area (Å²) in [5.74, 6) is 1.37. The van der Waals surface area contributed by atoms with Gasteiger partial charge < -0.3 is 14.5 Å². The number of likely N-dealkylation sites (tertiary alicyclic amines) is 2. The van der Waals surface area contributed by atoms with Crippen LogP contribution in [-0.2, 0) is 11.2 Å². The van der Waals surface area contributed by atoms with Crippen molar-refractivity contribution in [3.63, 3.8) is 0 Å². The highest BCUT2D eigenvalue weighted by Crippen LogP contribution is 2.22. The number of carbonyl (C=O) groups is 2. The summed E-state index contributed by atoms with van der Waals surface area (Å²) in [5.41, 5.74) is 0.700. The second-order valence-corrected chi connectivity index (χ2v) is 9.33. The molecule has 0 spiro atoms. The predicted molar refractivity (Wildman–Crippen MR) is 119 cm³/mol. The van der Waals surface area contributed by atoms with Crippen molar-refractivity contribution in [2.24, 2.45) is 5.92 Å². The SMILES string of the molecule is O=C(Cc1cccs1)N1CCC[C@H](COc2cccc(C(=O)N3CCCCC3)c2)C1. The van der Waals surface area contributed by atoms with E-state index in [2.05, 4.69) is 0 Å². The topological polar surface area (TPSA) is 49.9 Å². The quantitative estimate of drug-likeness (QED) is 0.694. The molecule has 2 aliphatic heterocycles. The standard InChI is InChI=1S/C24H30N2O3S/c27-23(16-22-10-6-14-30-22)26-13-5-7-19(17-26)18-29-21-9-4-8-20(15-21)24(28)25-11-2-1-3-12-25/h4,6,8-10,14-15,19H,1-3,5,7,11-13,16-18H2/t19-/m0/s1. The molecule has 2 aromatic rings. The molecule has 2 saturated heterocycles. The molecule has 2 fully saturated rings. The third-order valence-corrected chi connectivity index (χ3v) is 6.86. The molecule has 0 saturated carbocycles. The van der Waals surface area contributed by atoms with Crippen LogP contribution in [0.3, 0.4) is 0 Å². The van der Waals surface area contributed by atoms with Crippen LogP contribution in [0.25, 0.3) is 0 Å². The third kappa shape index (κ3) is 5.42. The van der Waals surface area contributed by atoms with E-state index in [-0.39, 0.29) is 11.8 Å². The van der Waals surface area contributed by atoms with E-state index in [1.54, 1.807) is 11.3 Å². The van der Waals surface area contributed by atoms with E-state index in [4.69, 9.17) is 4.74 Å². The van der Waals surface area contributed by atoms with Gasteiger partial charge in [-0.1, -0.05) is 12.1 Å². The van der Waals surface area contributed by atoms with Gasteiger partial charge in [0.25, 0.3) is 5.91 Å². The average Bonchev–Trinajstić information content (AvgIpc) is 3.31. The molecule has 0 unspecified atom stereocenters. The summed E-state index contributed by atoms with van der Waals surface area (Å²) in [7, 11) is 0. The lowest BCUT2D eigenvalue weighted by Gasteiger charge is -2.32. The predicted octanol–water partition coefficient (Wildman–Crippen LogP) is 4.23. The molecule has 1 aromatic carbocycles. The molecule has 0 aliphatic carbocycles. The van der Waals surface area contributed by atoms with Gasteiger partial charge >= 0.3 is 0 Å². The van der Waals surface area contributed by atoms with Gasteiger partial charge in [-0.05, 0) is 61.7 Å².